The molecular weight excluding hydrogens is 397 g/mol. The summed E-state index contributed by atoms with van der Waals surface area (Å²) in [6.07, 6.45) is 0.815. The first-order valence-electron chi connectivity index (χ1n) is 6.80. The molecule has 0 radical (unpaired) electrons. The van der Waals surface area contributed by atoms with Crippen molar-refractivity contribution in [1.82, 2.24) is 5.32 Å². The predicted octanol–water partition coefficient (Wildman–Crippen LogP) is 5.47. The molecule has 0 aliphatic heterocycles. The molecule has 2 aromatic rings. The van der Waals surface area contributed by atoms with E-state index in [1.54, 1.807) is 0 Å². The maximum Gasteiger partial charge on any atom is 0.137 e. The Bertz CT molecular complexity index is 632. The molecule has 4 heteroatoms. The van der Waals surface area contributed by atoms with Gasteiger partial charge in [0.25, 0.3) is 0 Å². The first-order chi connectivity index (χ1) is 9.92. The van der Waals surface area contributed by atoms with E-state index < -0.39 is 0 Å². The molecule has 112 valence electrons. The van der Waals surface area contributed by atoms with E-state index in [-0.39, 0.29) is 11.9 Å². The molecule has 2 rings (SSSR count). The lowest BCUT2D eigenvalue weighted by atomic mass is 9.96. The van der Waals surface area contributed by atoms with Crippen LogP contribution in [0.5, 0.6) is 0 Å². The maximum absolute atomic E-state index is 13.3. The molecule has 0 saturated carbocycles. The summed E-state index contributed by atoms with van der Waals surface area (Å²) >= 11 is 6.85. The third kappa shape index (κ3) is 3.93. The second kappa shape index (κ2) is 7.03. The van der Waals surface area contributed by atoms with Gasteiger partial charge in [0.2, 0.25) is 0 Å². The smallest absolute Gasteiger partial charge is 0.137 e. The Morgan fingerprint density at radius 3 is 2.24 bits per heavy atom. The van der Waals surface area contributed by atoms with Crippen LogP contribution in [0, 0.1) is 19.7 Å². The summed E-state index contributed by atoms with van der Waals surface area (Å²) in [5.74, 6) is -0.227. The van der Waals surface area contributed by atoms with Crippen molar-refractivity contribution >= 4 is 31.9 Å². The van der Waals surface area contributed by atoms with Crippen LogP contribution in [0.3, 0.4) is 0 Å². The zero-order valence-corrected chi connectivity index (χ0v) is 15.5. The van der Waals surface area contributed by atoms with E-state index in [4.69, 9.17) is 0 Å². The molecule has 0 aliphatic carbocycles. The quantitative estimate of drug-likeness (QED) is 0.699. The molecule has 0 aliphatic rings. The zero-order chi connectivity index (χ0) is 15.6. The molecule has 1 atom stereocenters. The maximum atomic E-state index is 13.3. The van der Waals surface area contributed by atoms with Gasteiger partial charge in [0.1, 0.15) is 5.82 Å². The van der Waals surface area contributed by atoms with Crippen LogP contribution in [0.4, 0.5) is 4.39 Å². The van der Waals surface area contributed by atoms with Crippen molar-refractivity contribution in [3.05, 3.63) is 67.3 Å². The van der Waals surface area contributed by atoms with Crippen LogP contribution in [0.1, 0.15) is 28.3 Å². The van der Waals surface area contributed by atoms with Gasteiger partial charge in [-0.15, -0.1) is 0 Å². The van der Waals surface area contributed by atoms with E-state index >= 15 is 0 Å². The molecule has 0 heterocycles. The number of hydrogen-bond acceptors (Lipinski definition) is 1. The predicted molar refractivity (Wildman–Crippen MR) is 93.2 cm³/mol. The van der Waals surface area contributed by atoms with Crippen molar-refractivity contribution in [1.29, 1.82) is 0 Å². The van der Waals surface area contributed by atoms with E-state index in [9.17, 15) is 4.39 Å². The van der Waals surface area contributed by atoms with Crippen LogP contribution in [0.15, 0.2) is 39.3 Å². The third-order valence-corrected chi connectivity index (χ3v) is 5.49. The molecule has 21 heavy (non-hydrogen) atoms. The molecule has 0 fully saturated rings. The monoisotopic (exact) mass is 413 g/mol. The van der Waals surface area contributed by atoms with Gasteiger partial charge in [-0.25, -0.2) is 4.39 Å². The standard InChI is InChI=1S/C17H18Br2FN/c1-10-6-13(7-11(2)17(10)19)16(21-3)9-12-4-5-15(20)14(18)8-12/h4-8,16,21H,9H2,1-3H3. The zero-order valence-electron chi connectivity index (χ0n) is 12.3. The van der Waals surface area contributed by atoms with Gasteiger partial charge < -0.3 is 5.32 Å². The Kier molecular flexibility index (Phi) is 5.58. The summed E-state index contributed by atoms with van der Waals surface area (Å²) in [5.41, 5.74) is 4.80. The van der Waals surface area contributed by atoms with Gasteiger partial charge in [-0.2, -0.15) is 0 Å². The molecule has 0 saturated heterocycles. The van der Waals surface area contributed by atoms with Crippen molar-refractivity contribution < 1.29 is 4.39 Å². The summed E-state index contributed by atoms with van der Waals surface area (Å²) in [6.45, 7) is 4.20. The van der Waals surface area contributed by atoms with Crippen LogP contribution in [-0.2, 0) is 6.42 Å². The van der Waals surface area contributed by atoms with Crippen molar-refractivity contribution in [3.63, 3.8) is 0 Å². The summed E-state index contributed by atoms with van der Waals surface area (Å²) < 4.78 is 15.0. The minimum Gasteiger partial charge on any atom is -0.313 e. The van der Waals surface area contributed by atoms with Gasteiger partial charge in [-0.05, 0) is 77.6 Å². The SMILES string of the molecule is CNC(Cc1ccc(F)c(Br)c1)c1cc(C)c(Br)c(C)c1. The Balaban J connectivity index is 2.29. The van der Waals surface area contributed by atoms with E-state index in [2.05, 4.69) is 63.2 Å². The van der Waals surface area contributed by atoms with E-state index in [1.165, 1.54) is 22.8 Å². The molecule has 0 bridgehead atoms. The van der Waals surface area contributed by atoms with Gasteiger partial charge in [0.05, 0.1) is 4.47 Å². The number of halogens is 3. The topological polar surface area (TPSA) is 12.0 Å². The summed E-state index contributed by atoms with van der Waals surface area (Å²) in [7, 11) is 1.95. The molecule has 0 spiro atoms. The van der Waals surface area contributed by atoms with Crippen LogP contribution in [-0.4, -0.2) is 7.05 Å². The fourth-order valence-corrected chi connectivity index (χ4v) is 3.12. The number of nitrogens with one attached hydrogen (secondary N) is 1. The van der Waals surface area contributed by atoms with Gasteiger partial charge in [0.15, 0.2) is 0 Å². The minimum absolute atomic E-state index is 0.202. The lowest BCUT2D eigenvalue weighted by Crippen LogP contribution is -2.19. The summed E-state index contributed by atoms with van der Waals surface area (Å²) in [6, 6.07) is 9.77. The molecule has 0 aromatic heterocycles. The van der Waals surface area contributed by atoms with Crippen LogP contribution in [0.2, 0.25) is 0 Å². The second-order valence-electron chi connectivity index (χ2n) is 5.26. The minimum atomic E-state index is -0.227. The highest BCUT2D eigenvalue weighted by Crippen LogP contribution is 2.28. The molecule has 1 N–H and O–H groups in total. The number of likely N-dealkylation sites (N-methyl/N-ethyl adjacent to an activating group) is 1. The van der Waals surface area contributed by atoms with Crippen LogP contribution in [0.25, 0.3) is 0 Å². The first-order valence-corrected chi connectivity index (χ1v) is 8.38. The molecule has 1 unspecified atom stereocenters. The number of rotatable bonds is 4. The average molecular weight is 415 g/mol. The molecule has 2 aromatic carbocycles. The normalized spacial score (nSPS) is 12.5. The Morgan fingerprint density at radius 1 is 1.10 bits per heavy atom. The van der Waals surface area contributed by atoms with Gasteiger partial charge in [-0.1, -0.05) is 34.1 Å². The highest BCUT2D eigenvalue weighted by Gasteiger charge is 2.13. The van der Waals surface area contributed by atoms with E-state index in [1.807, 2.05) is 19.2 Å². The first kappa shape index (κ1) is 16.7. The van der Waals surface area contributed by atoms with Gasteiger partial charge in [-0.3, -0.25) is 0 Å². The van der Waals surface area contributed by atoms with Crippen molar-refractivity contribution in [2.24, 2.45) is 0 Å². The second-order valence-corrected chi connectivity index (χ2v) is 6.91. The van der Waals surface area contributed by atoms with Crippen LogP contribution >= 0.6 is 31.9 Å². The van der Waals surface area contributed by atoms with E-state index in [0.717, 1.165) is 16.5 Å². The van der Waals surface area contributed by atoms with Crippen molar-refractivity contribution in [2.75, 3.05) is 7.05 Å². The summed E-state index contributed by atoms with van der Waals surface area (Å²) in [5, 5.41) is 3.35. The highest BCUT2D eigenvalue weighted by molar-refractivity contribution is 9.10. The lowest BCUT2D eigenvalue weighted by molar-refractivity contribution is 0.587. The van der Waals surface area contributed by atoms with Crippen LogP contribution < -0.4 is 5.32 Å². The number of hydrogen-bond donors (Lipinski definition) is 1. The number of benzene rings is 2. The van der Waals surface area contributed by atoms with Gasteiger partial charge >= 0.3 is 0 Å². The fraction of sp³-hybridized carbons (Fsp3) is 0.294. The fourth-order valence-electron chi connectivity index (χ4n) is 2.47. The Labute approximate surface area is 142 Å². The molecular formula is C17H18Br2FN. The molecule has 1 nitrogen and oxygen atoms in total. The average Bonchev–Trinajstić information content (AvgIpc) is 2.45. The van der Waals surface area contributed by atoms with Gasteiger partial charge in [0, 0.05) is 10.5 Å². The Morgan fingerprint density at radius 2 is 1.71 bits per heavy atom. The van der Waals surface area contributed by atoms with E-state index in [0.29, 0.717) is 4.47 Å². The summed E-state index contributed by atoms with van der Waals surface area (Å²) in [4.78, 5) is 0. The lowest BCUT2D eigenvalue weighted by Gasteiger charge is -2.19. The number of aryl methyl sites for hydroxylation is 2. The largest absolute Gasteiger partial charge is 0.313 e. The highest BCUT2D eigenvalue weighted by atomic mass is 79.9. The molecule has 0 amide bonds. The Hall–Kier alpha value is -0.710. The van der Waals surface area contributed by atoms with Crippen molar-refractivity contribution in [2.45, 2.75) is 26.3 Å². The van der Waals surface area contributed by atoms with Crippen molar-refractivity contribution in [3.8, 4) is 0 Å². The third-order valence-electron chi connectivity index (χ3n) is 3.63.